The summed E-state index contributed by atoms with van der Waals surface area (Å²) in [4.78, 5) is 22.3. The molecule has 8 heteroatoms. The van der Waals surface area contributed by atoms with Crippen molar-refractivity contribution in [3.8, 4) is 11.8 Å². The van der Waals surface area contributed by atoms with E-state index in [-0.39, 0.29) is 12.1 Å². The van der Waals surface area contributed by atoms with Gasteiger partial charge >= 0.3 is 12.0 Å². The average Bonchev–Trinajstić information content (AvgIpc) is 2.63. The third-order valence-electron chi connectivity index (χ3n) is 3.95. The molecule has 1 fully saturated rings. The first-order valence-corrected chi connectivity index (χ1v) is 8.36. The summed E-state index contributed by atoms with van der Waals surface area (Å²) in [5.41, 5.74) is 0.552. The lowest BCUT2D eigenvalue weighted by Crippen LogP contribution is -2.43. The number of halogens is 1. The number of nitrogens with zero attached hydrogens (tertiary/aromatic N) is 3. The fraction of sp³-hybridized carbons (Fsp3) is 0.353. The van der Waals surface area contributed by atoms with Crippen LogP contribution in [0.25, 0.3) is 0 Å². The molecule has 7 nitrogen and oxygen atoms in total. The van der Waals surface area contributed by atoms with Crippen LogP contribution in [0.15, 0.2) is 36.7 Å². The number of carbonyl (C=O) groups excluding carboxylic acids is 1. The molecule has 2 aromatic rings. The molecule has 0 bridgehead atoms. The average molecular weight is 363 g/mol. The third kappa shape index (κ3) is 4.51. The first-order valence-electron chi connectivity index (χ1n) is 7.99. The van der Waals surface area contributed by atoms with Gasteiger partial charge in [0.15, 0.2) is 0 Å². The van der Waals surface area contributed by atoms with E-state index in [1.807, 2.05) is 0 Å². The first-order chi connectivity index (χ1) is 12.2. The van der Waals surface area contributed by atoms with Gasteiger partial charge in [-0.05, 0) is 24.3 Å². The quantitative estimate of drug-likeness (QED) is 0.903. The molecule has 1 N–H and O–H groups in total. The highest BCUT2D eigenvalue weighted by molar-refractivity contribution is 6.31. The summed E-state index contributed by atoms with van der Waals surface area (Å²) in [6.07, 6.45) is 4.73. The molecule has 1 aromatic heterocycles. The van der Waals surface area contributed by atoms with Crippen molar-refractivity contribution in [3.05, 3.63) is 41.7 Å². The van der Waals surface area contributed by atoms with E-state index >= 15 is 0 Å². The van der Waals surface area contributed by atoms with E-state index in [2.05, 4.69) is 15.3 Å². The molecule has 3 rings (SSSR count). The maximum Gasteiger partial charge on any atom is 0.321 e. The van der Waals surface area contributed by atoms with Crippen molar-refractivity contribution in [3.63, 3.8) is 0 Å². The van der Waals surface area contributed by atoms with Crippen LogP contribution in [0.1, 0.15) is 12.8 Å². The minimum Gasteiger partial charge on any atom is -0.495 e. The second kappa shape index (κ2) is 8.02. The summed E-state index contributed by atoms with van der Waals surface area (Å²) in [7, 11) is 1.55. The Morgan fingerprint density at radius 3 is 2.68 bits per heavy atom. The molecule has 0 spiro atoms. The standard InChI is InChI=1S/C17H19ClN4O3/c1-24-15-4-3-12(18)11-14(15)21-17(23)22-9-5-13(6-10-22)25-16-19-7-2-8-20-16/h2-4,7-8,11,13H,5-6,9-10H2,1H3,(H,21,23). The molecule has 1 aromatic carbocycles. The van der Waals surface area contributed by atoms with Crippen LogP contribution in [0, 0.1) is 0 Å². The number of anilines is 1. The second-order valence-electron chi connectivity index (χ2n) is 5.61. The predicted molar refractivity (Wildman–Crippen MR) is 94.3 cm³/mol. The zero-order valence-corrected chi connectivity index (χ0v) is 14.6. The Labute approximate surface area is 150 Å². The van der Waals surface area contributed by atoms with Crippen LogP contribution < -0.4 is 14.8 Å². The predicted octanol–water partition coefficient (Wildman–Crippen LogP) is 3.21. The van der Waals surface area contributed by atoms with E-state index in [0.717, 1.165) is 12.8 Å². The Hall–Kier alpha value is -2.54. The number of rotatable bonds is 4. The van der Waals surface area contributed by atoms with Crippen LogP contribution in [0.4, 0.5) is 10.5 Å². The summed E-state index contributed by atoms with van der Waals surface area (Å²) in [6, 6.07) is 7.02. The molecule has 0 unspecified atom stereocenters. The van der Waals surface area contributed by atoms with E-state index in [4.69, 9.17) is 21.1 Å². The minimum atomic E-state index is -0.185. The summed E-state index contributed by atoms with van der Waals surface area (Å²) in [6.45, 7) is 1.18. The summed E-state index contributed by atoms with van der Waals surface area (Å²) in [5.74, 6) is 0.567. The zero-order valence-electron chi connectivity index (χ0n) is 13.8. The number of methoxy groups -OCH3 is 1. The van der Waals surface area contributed by atoms with Gasteiger partial charge in [-0.15, -0.1) is 0 Å². The van der Waals surface area contributed by atoms with Crippen LogP contribution in [0.2, 0.25) is 5.02 Å². The fourth-order valence-electron chi connectivity index (χ4n) is 2.64. The Morgan fingerprint density at radius 2 is 2.00 bits per heavy atom. The number of benzene rings is 1. The van der Waals surface area contributed by atoms with Gasteiger partial charge in [0, 0.05) is 43.3 Å². The van der Waals surface area contributed by atoms with Crippen LogP contribution in [-0.4, -0.2) is 47.2 Å². The molecule has 1 saturated heterocycles. The smallest absolute Gasteiger partial charge is 0.321 e. The highest BCUT2D eigenvalue weighted by Gasteiger charge is 2.25. The molecule has 0 radical (unpaired) electrons. The summed E-state index contributed by atoms with van der Waals surface area (Å²) < 4.78 is 11.0. The van der Waals surface area contributed by atoms with Crippen molar-refractivity contribution in [1.82, 2.24) is 14.9 Å². The number of amides is 2. The number of hydrogen-bond acceptors (Lipinski definition) is 5. The number of hydrogen-bond donors (Lipinski definition) is 1. The van der Waals surface area contributed by atoms with Crippen molar-refractivity contribution in [1.29, 1.82) is 0 Å². The van der Waals surface area contributed by atoms with Gasteiger partial charge < -0.3 is 19.7 Å². The lowest BCUT2D eigenvalue weighted by atomic mass is 10.1. The molecule has 0 aliphatic carbocycles. The van der Waals surface area contributed by atoms with E-state index < -0.39 is 0 Å². The molecule has 1 aliphatic heterocycles. The number of carbonyl (C=O) groups is 1. The SMILES string of the molecule is COc1ccc(Cl)cc1NC(=O)N1CCC(Oc2ncccn2)CC1. The van der Waals surface area contributed by atoms with Crippen LogP contribution >= 0.6 is 11.6 Å². The van der Waals surface area contributed by atoms with Crippen molar-refractivity contribution < 1.29 is 14.3 Å². The summed E-state index contributed by atoms with van der Waals surface area (Å²) >= 11 is 5.99. The van der Waals surface area contributed by atoms with Crippen molar-refractivity contribution in [2.45, 2.75) is 18.9 Å². The Kier molecular flexibility index (Phi) is 5.55. The molecule has 132 valence electrons. The molecule has 25 heavy (non-hydrogen) atoms. The van der Waals surface area contributed by atoms with Gasteiger partial charge in [0.25, 0.3) is 0 Å². The van der Waals surface area contributed by atoms with Crippen LogP contribution in [0.5, 0.6) is 11.8 Å². The molecule has 2 heterocycles. The number of piperidine rings is 1. The highest BCUT2D eigenvalue weighted by Crippen LogP contribution is 2.28. The fourth-order valence-corrected chi connectivity index (χ4v) is 2.82. The number of nitrogens with one attached hydrogen (secondary N) is 1. The zero-order chi connectivity index (χ0) is 17.6. The normalized spacial score (nSPS) is 14.9. The molecule has 1 aliphatic rings. The van der Waals surface area contributed by atoms with E-state index in [1.54, 1.807) is 48.7 Å². The second-order valence-corrected chi connectivity index (χ2v) is 6.05. The summed E-state index contributed by atoms with van der Waals surface area (Å²) in [5, 5.41) is 3.38. The van der Waals surface area contributed by atoms with Gasteiger partial charge in [-0.2, -0.15) is 0 Å². The maximum atomic E-state index is 12.5. The Morgan fingerprint density at radius 1 is 1.28 bits per heavy atom. The van der Waals surface area contributed by atoms with E-state index in [0.29, 0.717) is 35.6 Å². The van der Waals surface area contributed by atoms with Gasteiger partial charge in [0.05, 0.1) is 12.8 Å². The van der Waals surface area contributed by atoms with E-state index in [1.165, 1.54) is 0 Å². The van der Waals surface area contributed by atoms with E-state index in [9.17, 15) is 4.79 Å². The number of aromatic nitrogens is 2. The number of likely N-dealkylation sites (tertiary alicyclic amines) is 1. The number of ether oxygens (including phenoxy) is 2. The minimum absolute atomic E-state index is 0.00663. The molecular weight excluding hydrogens is 344 g/mol. The Bertz CT molecular complexity index is 721. The van der Waals surface area contributed by atoms with Crippen LogP contribution in [-0.2, 0) is 0 Å². The molecule has 0 saturated carbocycles. The third-order valence-corrected chi connectivity index (χ3v) is 4.18. The molecule has 2 amide bonds. The monoisotopic (exact) mass is 362 g/mol. The largest absolute Gasteiger partial charge is 0.495 e. The lowest BCUT2D eigenvalue weighted by molar-refractivity contribution is 0.107. The van der Waals surface area contributed by atoms with Crippen LogP contribution in [0.3, 0.4) is 0 Å². The Balaban J connectivity index is 1.54. The van der Waals surface area contributed by atoms with Gasteiger partial charge in [0.1, 0.15) is 11.9 Å². The lowest BCUT2D eigenvalue weighted by Gasteiger charge is -2.31. The highest BCUT2D eigenvalue weighted by atomic mass is 35.5. The molecular formula is C17H19ClN4O3. The topological polar surface area (TPSA) is 76.6 Å². The van der Waals surface area contributed by atoms with Crippen molar-refractivity contribution in [2.24, 2.45) is 0 Å². The molecule has 0 atom stereocenters. The van der Waals surface area contributed by atoms with Gasteiger partial charge in [-0.3, -0.25) is 0 Å². The first kappa shape index (κ1) is 17.3. The van der Waals surface area contributed by atoms with Gasteiger partial charge in [0.2, 0.25) is 0 Å². The van der Waals surface area contributed by atoms with Crippen molar-refractivity contribution in [2.75, 3.05) is 25.5 Å². The van der Waals surface area contributed by atoms with Gasteiger partial charge in [-0.1, -0.05) is 11.6 Å². The van der Waals surface area contributed by atoms with Gasteiger partial charge in [-0.25, -0.2) is 14.8 Å². The van der Waals surface area contributed by atoms with Crippen molar-refractivity contribution >= 4 is 23.3 Å². The number of urea groups is 1. The maximum absolute atomic E-state index is 12.5.